The van der Waals surface area contributed by atoms with Crippen LogP contribution < -0.4 is 15.6 Å². The van der Waals surface area contributed by atoms with Gasteiger partial charge in [-0.2, -0.15) is 0 Å². The first kappa shape index (κ1) is 22.7. The molecule has 0 saturated heterocycles. The number of hydrogen-bond acceptors (Lipinski definition) is 2. The Kier molecular flexibility index (Phi) is 7.83. The van der Waals surface area contributed by atoms with E-state index >= 15 is 0 Å². The molecule has 0 bridgehead atoms. The molecule has 4 heteroatoms. The van der Waals surface area contributed by atoms with Crippen LogP contribution in [0.25, 0.3) is 0 Å². The lowest BCUT2D eigenvalue weighted by Crippen LogP contribution is -2.74. The van der Waals surface area contributed by atoms with Gasteiger partial charge in [0.25, 0.3) is 16.8 Å². The Morgan fingerprint density at radius 1 is 0.600 bits per heavy atom. The van der Waals surface area contributed by atoms with Crippen LogP contribution in [-0.2, 0) is 4.12 Å². The maximum Gasteiger partial charge on any atom is 0.278 e. The fourth-order valence-electron chi connectivity index (χ4n) is 4.32. The molecule has 3 aromatic carbocycles. The fourth-order valence-corrected chi connectivity index (χ4v) is 13.8. The predicted molar refractivity (Wildman–Crippen MR) is 135 cm³/mol. The van der Waals surface area contributed by atoms with E-state index in [1.54, 1.807) is 0 Å². The van der Waals surface area contributed by atoms with Crippen LogP contribution >= 0.6 is 0 Å². The number of benzene rings is 3. The lowest BCUT2D eigenvalue weighted by Gasteiger charge is -2.44. The molecule has 0 heterocycles. The van der Waals surface area contributed by atoms with E-state index in [1.165, 1.54) is 15.6 Å². The number of hydrogen-bond donors (Lipinski definition) is 0. The zero-order chi connectivity index (χ0) is 21.5. The molecular weight excluding hydrogens is 398 g/mol. The Hall–Kier alpha value is -1.99. The minimum atomic E-state index is -2.66. The molecule has 2 nitrogen and oxygen atoms in total. The van der Waals surface area contributed by atoms with Crippen LogP contribution in [0.5, 0.6) is 0 Å². The molecule has 0 amide bonds. The lowest BCUT2D eigenvalue weighted by atomic mass is 10.3. The molecule has 0 unspecified atom stereocenters. The van der Waals surface area contributed by atoms with Crippen molar-refractivity contribution in [2.24, 2.45) is 0 Å². The molecule has 0 N–H and O–H groups in total. The van der Waals surface area contributed by atoms with Crippen LogP contribution in [0.1, 0.15) is 26.7 Å². The summed E-state index contributed by atoms with van der Waals surface area (Å²) in [6, 6.07) is 32.8. The Labute approximate surface area is 184 Å². The van der Waals surface area contributed by atoms with Crippen LogP contribution in [0, 0.1) is 0 Å². The molecule has 158 valence electrons. The summed E-state index contributed by atoms with van der Waals surface area (Å²) in [6.07, 6.45) is 2.30. The van der Waals surface area contributed by atoms with Crippen molar-refractivity contribution < 1.29 is 4.12 Å². The summed E-state index contributed by atoms with van der Waals surface area (Å²) in [5.41, 5.74) is 0. The van der Waals surface area contributed by atoms with Gasteiger partial charge in [-0.3, -0.25) is 0 Å². The maximum atomic E-state index is 7.55. The van der Waals surface area contributed by atoms with E-state index in [1.807, 2.05) is 0 Å². The quantitative estimate of drug-likeness (QED) is 0.345. The van der Waals surface area contributed by atoms with Gasteiger partial charge in [-0.05, 0) is 54.6 Å². The van der Waals surface area contributed by atoms with Gasteiger partial charge in [0.05, 0.1) is 0 Å². The van der Waals surface area contributed by atoms with E-state index < -0.39 is 16.8 Å². The van der Waals surface area contributed by atoms with Gasteiger partial charge < -0.3 is 8.68 Å². The summed E-state index contributed by atoms with van der Waals surface area (Å²) >= 11 is 0. The molecule has 0 aliphatic heterocycles. The van der Waals surface area contributed by atoms with E-state index in [9.17, 15) is 0 Å². The fraction of sp³-hybridized carbons (Fsp3) is 0.308. The van der Waals surface area contributed by atoms with Gasteiger partial charge in [-0.25, -0.2) is 0 Å². The highest BCUT2D eigenvalue weighted by molar-refractivity contribution is 7.10. The van der Waals surface area contributed by atoms with E-state index in [0.717, 1.165) is 25.9 Å². The van der Waals surface area contributed by atoms with Crippen LogP contribution in [0.2, 0.25) is 13.1 Å². The summed E-state index contributed by atoms with van der Waals surface area (Å²) in [5.74, 6) is 0. The second-order valence-corrected chi connectivity index (χ2v) is 15.8. The SMILES string of the molecule is CCCN(CCC)[Si](C)(C)O[Si](c1ccccc1)(c1ccccc1)c1ccccc1. The Balaban J connectivity index is 2.23. The molecule has 0 radical (unpaired) electrons. The maximum absolute atomic E-state index is 7.55. The molecular formula is C26H35NOSi2. The van der Waals surface area contributed by atoms with Gasteiger partial charge in [0.15, 0.2) is 0 Å². The molecule has 30 heavy (non-hydrogen) atoms. The topological polar surface area (TPSA) is 12.5 Å². The van der Waals surface area contributed by atoms with Gasteiger partial charge in [-0.15, -0.1) is 0 Å². The first-order chi connectivity index (χ1) is 14.5. The number of rotatable bonds is 10. The summed E-state index contributed by atoms with van der Waals surface area (Å²) in [5, 5.41) is 3.95. The van der Waals surface area contributed by atoms with Crippen molar-refractivity contribution in [3.05, 3.63) is 91.0 Å². The highest BCUT2D eigenvalue weighted by atomic mass is 28.4. The van der Waals surface area contributed by atoms with E-state index in [-0.39, 0.29) is 0 Å². The lowest BCUT2D eigenvalue weighted by molar-refractivity contribution is 0.351. The molecule has 0 saturated carbocycles. The summed E-state index contributed by atoms with van der Waals surface area (Å²) in [7, 11) is -4.82. The molecule has 0 aromatic heterocycles. The minimum absolute atomic E-state index is 1.09. The highest BCUT2D eigenvalue weighted by Crippen LogP contribution is 2.20. The Morgan fingerprint density at radius 3 is 1.23 bits per heavy atom. The van der Waals surface area contributed by atoms with Crippen LogP contribution in [0.3, 0.4) is 0 Å². The molecule has 3 rings (SSSR count). The highest BCUT2D eigenvalue weighted by Gasteiger charge is 2.48. The summed E-state index contributed by atoms with van der Waals surface area (Å²) in [6.45, 7) is 11.5. The largest absolute Gasteiger partial charge is 0.434 e. The molecule has 0 atom stereocenters. The molecule has 0 fully saturated rings. The number of nitrogens with zero attached hydrogens (tertiary/aromatic N) is 1. The third-order valence-electron chi connectivity index (χ3n) is 5.69. The predicted octanol–water partition coefficient (Wildman–Crippen LogP) is 4.49. The van der Waals surface area contributed by atoms with Gasteiger partial charge in [0.1, 0.15) is 0 Å². The average molecular weight is 434 g/mol. The van der Waals surface area contributed by atoms with Crippen LogP contribution in [-0.4, -0.2) is 34.5 Å². The Bertz CT molecular complexity index is 782. The zero-order valence-corrected chi connectivity index (χ0v) is 20.8. The van der Waals surface area contributed by atoms with E-state index in [2.05, 4.69) is 123 Å². The monoisotopic (exact) mass is 433 g/mol. The molecule has 3 aromatic rings. The first-order valence-electron chi connectivity index (χ1n) is 11.2. The van der Waals surface area contributed by atoms with Crippen molar-refractivity contribution in [3.8, 4) is 0 Å². The van der Waals surface area contributed by atoms with E-state index in [0.29, 0.717) is 0 Å². The van der Waals surface area contributed by atoms with Crippen molar-refractivity contribution in [3.63, 3.8) is 0 Å². The summed E-state index contributed by atoms with van der Waals surface area (Å²) in [4.78, 5) is 0. The van der Waals surface area contributed by atoms with Crippen molar-refractivity contribution in [2.45, 2.75) is 39.8 Å². The summed E-state index contributed by atoms with van der Waals surface area (Å²) < 4.78 is 10.2. The minimum Gasteiger partial charge on any atom is -0.434 e. The normalized spacial score (nSPS) is 12.3. The Morgan fingerprint density at radius 2 is 0.933 bits per heavy atom. The van der Waals surface area contributed by atoms with Crippen LogP contribution in [0.4, 0.5) is 0 Å². The van der Waals surface area contributed by atoms with Gasteiger partial charge in [0, 0.05) is 0 Å². The van der Waals surface area contributed by atoms with Crippen molar-refractivity contribution >= 4 is 32.4 Å². The third kappa shape index (κ3) is 4.84. The second-order valence-electron chi connectivity index (χ2n) is 8.32. The molecule has 0 spiro atoms. The van der Waals surface area contributed by atoms with Gasteiger partial charge in [-0.1, -0.05) is 105 Å². The van der Waals surface area contributed by atoms with Crippen LogP contribution in [0.15, 0.2) is 91.0 Å². The van der Waals surface area contributed by atoms with Gasteiger partial charge >= 0.3 is 0 Å². The first-order valence-corrected chi connectivity index (χ1v) is 15.9. The molecule has 0 aliphatic carbocycles. The van der Waals surface area contributed by atoms with Crippen molar-refractivity contribution in [2.75, 3.05) is 13.1 Å². The third-order valence-corrected chi connectivity index (χ3v) is 14.3. The van der Waals surface area contributed by atoms with E-state index in [4.69, 9.17) is 4.12 Å². The van der Waals surface area contributed by atoms with Crippen molar-refractivity contribution in [1.82, 2.24) is 4.57 Å². The standard InChI is InChI=1S/C26H35NOSi2/c1-5-22-27(23-6-2)29(3,4)28-30(24-16-10-7-11-17-24,25-18-12-8-13-19-25)26-20-14-9-15-21-26/h7-21H,5-6,22-23H2,1-4H3. The second kappa shape index (κ2) is 10.4. The smallest absolute Gasteiger partial charge is 0.278 e. The zero-order valence-electron chi connectivity index (χ0n) is 18.8. The van der Waals surface area contributed by atoms with Gasteiger partial charge in [0.2, 0.25) is 0 Å². The van der Waals surface area contributed by atoms with Crippen molar-refractivity contribution in [1.29, 1.82) is 0 Å². The molecule has 0 aliphatic rings. The average Bonchev–Trinajstić information content (AvgIpc) is 2.79.